The highest BCUT2D eigenvalue weighted by molar-refractivity contribution is 8.13. The molecule has 0 aliphatic heterocycles. The van der Waals surface area contributed by atoms with Gasteiger partial charge in [-0.25, -0.2) is 8.42 Å². The Kier molecular flexibility index (Phi) is 3.25. The maximum Gasteiger partial charge on any atom is 0.265 e. The van der Waals surface area contributed by atoms with Crippen LogP contribution in [0.3, 0.4) is 0 Å². The molecule has 0 atom stereocenters. The molecular weight excluding hydrogens is 280 g/mol. The summed E-state index contributed by atoms with van der Waals surface area (Å²) < 4.78 is 33.3. The van der Waals surface area contributed by atoms with Gasteiger partial charge in [-0.05, 0) is 12.0 Å². The van der Waals surface area contributed by atoms with Crippen LogP contribution in [0, 0.1) is 0 Å². The number of halogens is 1. The molecule has 1 aromatic carbocycles. The lowest BCUT2D eigenvalue weighted by Crippen LogP contribution is -2.05. The molecule has 5 nitrogen and oxygen atoms in total. The van der Waals surface area contributed by atoms with E-state index >= 15 is 0 Å². The van der Waals surface area contributed by atoms with E-state index in [2.05, 4.69) is 0 Å². The van der Waals surface area contributed by atoms with Gasteiger partial charge in [-0.1, -0.05) is 0 Å². The Labute approximate surface area is 109 Å². The van der Waals surface area contributed by atoms with E-state index in [4.69, 9.17) is 20.2 Å². The Morgan fingerprint density at radius 3 is 2.28 bits per heavy atom. The van der Waals surface area contributed by atoms with E-state index < -0.39 is 9.05 Å². The summed E-state index contributed by atoms with van der Waals surface area (Å²) in [5.41, 5.74) is 0.670. The Hall–Kier alpha value is -1.27. The van der Waals surface area contributed by atoms with E-state index in [0.717, 1.165) is 0 Å². The predicted molar refractivity (Wildman–Crippen MR) is 65.2 cm³/mol. The van der Waals surface area contributed by atoms with Crippen molar-refractivity contribution in [1.29, 1.82) is 0 Å². The molecule has 2 rings (SSSR count). The number of fused-ring (bicyclic) bond motifs is 1. The smallest absolute Gasteiger partial charge is 0.265 e. The van der Waals surface area contributed by atoms with Crippen molar-refractivity contribution in [3.8, 4) is 11.5 Å². The van der Waals surface area contributed by atoms with Gasteiger partial charge >= 0.3 is 0 Å². The molecule has 0 spiro atoms. The molecule has 7 heteroatoms. The van der Waals surface area contributed by atoms with Crippen LogP contribution in [0.1, 0.15) is 22.3 Å². The van der Waals surface area contributed by atoms with E-state index in [9.17, 15) is 13.2 Å². The first-order valence-corrected chi connectivity index (χ1v) is 7.46. The number of hydrogen-bond acceptors (Lipinski definition) is 5. The Balaban J connectivity index is 2.87. The molecule has 1 aliphatic rings. The highest BCUT2D eigenvalue weighted by atomic mass is 35.7. The van der Waals surface area contributed by atoms with Crippen LogP contribution in [0.4, 0.5) is 0 Å². The van der Waals surface area contributed by atoms with Crippen LogP contribution < -0.4 is 9.47 Å². The summed E-state index contributed by atoms with van der Waals surface area (Å²) in [6, 6.07) is 1.37. The number of carbonyl (C=O) groups excluding carboxylic acids is 1. The second-order valence-corrected chi connectivity index (χ2v) is 6.33. The molecule has 0 amide bonds. The summed E-state index contributed by atoms with van der Waals surface area (Å²) in [6.45, 7) is 0. The first-order chi connectivity index (χ1) is 8.40. The second kappa shape index (κ2) is 4.44. The summed E-state index contributed by atoms with van der Waals surface area (Å²) >= 11 is 0. The monoisotopic (exact) mass is 290 g/mol. The molecule has 0 heterocycles. The van der Waals surface area contributed by atoms with Gasteiger partial charge in [0.25, 0.3) is 9.05 Å². The lowest BCUT2D eigenvalue weighted by molar-refractivity contribution is 0.0992. The third-order valence-electron chi connectivity index (χ3n) is 2.87. The first kappa shape index (κ1) is 13.2. The predicted octanol–water partition coefficient (Wildman–Crippen LogP) is 1.76. The van der Waals surface area contributed by atoms with Crippen LogP contribution >= 0.6 is 10.7 Å². The molecule has 0 bridgehead atoms. The fraction of sp³-hybridized carbons (Fsp3) is 0.364. The molecular formula is C11H11ClO5S. The number of hydrogen-bond donors (Lipinski definition) is 0. The minimum absolute atomic E-state index is 0.0929. The van der Waals surface area contributed by atoms with Crippen molar-refractivity contribution >= 4 is 25.5 Å². The van der Waals surface area contributed by atoms with Crippen LogP contribution in [0.2, 0.25) is 0 Å². The molecule has 1 aromatic rings. The summed E-state index contributed by atoms with van der Waals surface area (Å²) in [5, 5.41) is 0. The van der Waals surface area contributed by atoms with Crippen molar-refractivity contribution in [2.24, 2.45) is 0 Å². The number of methoxy groups -OCH3 is 2. The number of ketones is 1. The zero-order chi connectivity index (χ0) is 13.5. The van der Waals surface area contributed by atoms with E-state index in [0.29, 0.717) is 17.7 Å². The first-order valence-electron chi connectivity index (χ1n) is 5.16. The largest absolute Gasteiger partial charge is 0.496 e. The molecule has 0 fully saturated rings. The minimum atomic E-state index is -3.98. The number of rotatable bonds is 3. The Morgan fingerprint density at radius 1 is 1.17 bits per heavy atom. The average Bonchev–Trinajstić information content (AvgIpc) is 2.68. The molecule has 98 valence electrons. The molecule has 0 unspecified atom stereocenters. The fourth-order valence-electron chi connectivity index (χ4n) is 2.16. The van der Waals surface area contributed by atoms with Gasteiger partial charge in [-0.2, -0.15) is 0 Å². The zero-order valence-corrected chi connectivity index (χ0v) is 11.4. The fourth-order valence-corrected chi connectivity index (χ4v) is 3.54. The Morgan fingerprint density at radius 2 is 1.78 bits per heavy atom. The van der Waals surface area contributed by atoms with E-state index in [1.807, 2.05) is 0 Å². The van der Waals surface area contributed by atoms with Gasteiger partial charge in [0.05, 0.1) is 19.8 Å². The van der Waals surface area contributed by atoms with Crippen molar-refractivity contribution in [2.75, 3.05) is 14.2 Å². The quantitative estimate of drug-likeness (QED) is 0.793. The van der Waals surface area contributed by atoms with E-state index in [-0.39, 0.29) is 28.4 Å². The highest BCUT2D eigenvalue weighted by Crippen LogP contribution is 2.42. The number of benzene rings is 1. The van der Waals surface area contributed by atoms with Gasteiger partial charge in [-0.3, -0.25) is 4.79 Å². The van der Waals surface area contributed by atoms with Gasteiger partial charge in [0.1, 0.15) is 16.4 Å². The zero-order valence-electron chi connectivity index (χ0n) is 9.82. The second-order valence-electron chi connectivity index (χ2n) is 3.82. The minimum Gasteiger partial charge on any atom is -0.496 e. The summed E-state index contributed by atoms with van der Waals surface area (Å²) in [7, 11) is 4.18. The van der Waals surface area contributed by atoms with Crippen LogP contribution in [0.25, 0.3) is 0 Å². The van der Waals surface area contributed by atoms with Crippen molar-refractivity contribution in [1.82, 2.24) is 0 Å². The summed E-state index contributed by atoms with van der Waals surface area (Å²) in [6.07, 6.45) is 0.571. The SMILES string of the molecule is COc1cc(OC)c(S(=O)(=O)Cl)c2c1C(=O)CC2. The molecule has 0 saturated carbocycles. The lowest BCUT2D eigenvalue weighted by atomic mass is 10.1. The van der Waals surface area contributed by atoms with Gasteiger partial charge < -0.3 is 9.47 Å². The van der Waals surface area contributed by atoms with Gasteiger partial charge in [0.15, 0.2) is 5.78 Å². The lowest BCUT2D eigenvalue weighted by Gasteiger charge is -2.13. The third kappa shape index (κ3) is 1.95. The maximum atomic E-state index is 11.8. The Bertz CT molecular complexity index is 621. The van der Waals surface area contributed by atoms with Crippen molar-refractivity contribution in [3.63, 3.8) is 0 Å². The molecule has 0 aromatic heterocycles. The number of ether oxygens (including phenoxy) is 2. The molecule has 18 heavy (non-hydrogen) atoms. The van der Waals surface area contributed by atoms with Crippen LogP contribution in [-0.2, 0) is 15.5 Å². The highest BCUT2D eigenvalue weighted by Gasteiger charge is 2.33. The normalized spacial score (nSPS) is 14.5. The molecule has 0 N–H and O–H groups in total. The van der Waals surface area contributed by atoms with E-state index in [1.54, 1.807) is 0 Å². The molecule has 1 aliphatic carbocycles. The van der Waals surface area contributed by atoms with Crippen molar-refractivity contribution < 1.29 is 22.7 Å². The third-order valence-corrected chi connectivity index (χ3v) is 4.27. The van der Waals surface area contributed by atoms with Crippen LogP contribution in [0.15, 0.2) is 11.0 Å². The van der Waals surface area contributed by atoms with Crippen LogP contribution in [-0.4, -0.2) is 28.4 Å². The van der Waals surface area contributed by atoms with Gasteiger partial charge in [0.2, 0.25) is 0 Å². The number of carbonyl (C=O) groups is 1. The number of Topliss-reactive ketones (excluding diaryl/α,β-unsaturated/α-hetero) is 1. The topological polar surface area (TPSA) is 69.7 Å². The summed E-state index contributed by atoms with van der Waals surface area (Å²) in [5.74, 6) is 0.259. The van der Waals surface area contributed by atoms with Gasteiger partial charge in [-0.15, -0.1) is 0 Å². The standard InChI is InChI=1S/C11H11ClO5S/c1-16-8-5-9(17-2)11(18(12,14)15)6-3-4-7(13)10(6)8/h5H,3-4H2,1-2H3. The molecule has 0 radical (unpaired) electrons. The van der Waals surface area contributed by atoms with E-state index in [1.165, 1.54) is 20.3 Å². The van der Waals surface area contributed by atoms with Crippen molar-refractivity contribution in [3.05, 3.63) is 17.2 Å². The van der Waals surface area contributed by atoms with Crippen molar-refractivity contribution in [2.45, 2.75) is 17.7 Å². The molecule has 0 saturated heterocycles. The summed E-state index contributed by atoms with van der Waals surface area (Å²) in [4.78, 5) is 11.6. The average molecular weight is 291 g/mol. The van der Waals surface area contributed by atoms with Crippen LogP contribution in [0.5, 0.6) is 11.5 Å². The van der Waals surface area contributed by atoms with Gasteiger partial charge in [0, 0.05) is 23.2 Å². The maximum absolute atomic E-state index is 11.8.